The number of Topliss-reactive ketones (excluding diaryl/α,β-unsaturated/α-hetero) is 1. The summed E-state index contributed by atoms with van der Waals surface area (Å²) in [5, 5.41) is 13.9. The maximum Gasteiger partial charge on any atom is 0.229 e. The van der Waals surface area contributed by atoms with E-state index in [2.05, 4.69) is 69.9 Å². The van der Waals surface area contributed by atoms with Gasteiger partial charge in [0.2, 0.25) is 10.0 Å². The molecule has 0 saturated heterocycles. The van der Waals surface area contributed by atoms with E-state index < -0.39 is 18.3 Å². The number of phenolic OH excluding ortho intramolecular Hbond substituents is 1. The second-order valence-electron chi connectivity index (χ2n) is 12.2. The third-order valence-electron chi connectivity index (χ3n) is 6.82. The molecule has 0 bridgehead atoms. The molecule has 7 nitrogen and oxygen atoms in total. The second kappa shape index (κ2) is 11.7. The Morgan fingerprint density at radius 2 is 1.59 bits per heavy atom. The molecule has 0 aliphatic carbocycles. The molecule has 0 amide bonds. The van der Waals surface area contributed by atoms with Crippen LogP contribution in [0.1, 0.15) is 64.3 Å². The van der Waals surface area contributed by atoms with Crippen molar-refractivity contribution in [1.29, 1.82) is 0 Å². The number of anilines is 1. The van der Waals surface area contributed by atoms with Gasteiger partial charge < -0.3 is 14.8 Å². The molecule has 2 aromatic carbocycles. The van der Waals surface area contributed by atoms with Crippen molar-refractivity contribution in [3.05, 3.63) is 59.2 Å². The molecule has 2 aromatic rings. The third kappa shape index (κ3) is 9.88. The van der Waals surface area contributed by atoms with Crippen LogP contribution < -0.4 is 10.0 Å². The summed E-state index contributed by atoms with van der Waals surface area (Å²) >= 11 is 0. The first kappa shape index (κ1) is 31.0. The molecule has 206 valence electrons. The van der Waals surface area contributed by atoms with Gasteiger partial charge in [0.25, 0.3) is 0 Å². The number of hydrogen-bond acceptors (Lipinski definition) is 6. The smallest absolute Gasteiger partial charge is 0.229 e. The highest BCUT2D eigenvalue weighted by atomic mass is 32.2. The van der Waals surface area contributed by atoms with Gasteiger partial charge in [0, 0.05) is 18.5 Å². The molecule has 0 aliphatic rings. The summed E-state index contributed by atoms with van der Waals surface area (Å²) in [7, 11) is -5.74. The lowest BCUT2D eigenvalue weighted by atomic mass is 9.93. The number of phenols is 1. The Hall–Kier alpha value is -2.20. The van der Waals surface area contributed by atoms with Crippen LogP contribution in [0.5, 0.6) is 5.75 Å². The molecule has 0 fully saturated rings. The number of aromatic hydroxyl groups is 1. The monoisotopic (exact) mass is 548 g/mol. The van der Waals surface area contributed by atoms with Crippen LogP contribution in [0.3, 0.4) is 0 Å². The van der Waals surface area contributed by atoms with E-state index >= 15 is 0 Å². The standard InChI is InChI=1S/C28H44N2O5SSi/c1-20(31)16-21-10-12-22(13-11-21)18-28(5,6)29-19-26(35-37(8,9)27(2,3)4)23-14-15-25(32)24(17-23)30-36(7,33)34/h10-15,17,26,29-30,32H,16,18-19H2,1-9H3/t26-/m0/s1. The lowest BCUT2D eigenvalue weighted by molar-refractivity contribution is -0.116. The number of rotatable bonds is 12. The first-order chi connectivity index (χ1) is 16.8. The van der Waals surface area contributed by atoms with E-state index in [4.69, 9.17) is 4.43 Å². The highest BCUT2D eigenvalue weighted by Gasteiger charge is 2.40. The van der Waals surface area contributed by atoms with Gasteiger partial charge in [-0.05, 0) is 74.1 Å². The number of carbonyl (C=O) groups is 1. The molecule has 3 N–H and O–H groups in total. The minimum atomic E-state index is -3.56. The van der Waals surface area contributed by atoms with Crippen LogP contribution in [0.25, 0.3) is 0 Å². The van der Waals surface area contributed by atoms with E-state index in [1.165, 1.54) is 6.07 Å². The van der Waals surface area contributed by atoms with Crippen LogP contribution in [0, 0.1) is 0 Å². The SMILES string of the molecule is CC(=O)Cc1ccc(CC(C)(C)NC[C@H](O[Si](C)(C)C(C)(C)C)c2ccc(O)c(NS(C)(=O)=O)c2)cc1. The maximum atomic E-state index is 11.8. The largest absolute Gasteiger partial charge is 0.506 e. The molecular formula is C28H44N2O5SSi. The minimum Gasteiger partial charge on any atom is -0.506 e. The van der Waals surface area contributed by atoms with E-state index in [-0.39, 0.29) is 33.9 Å². The maximum absolute atomic E-state index is 11.8. The summed E-state index contributed by atoms with van der Waals surface area (Å²) in [5.41, 5.74) is 2.83. The van der Waals surface area contributed by atoms with Crippen LogP contribution in [-0.4, -0.2) is 46.0 Å². The van der Waals surface area contributed by atoms with Crippen molar-refractivity contribution in [3.8, 4) is 5.75 Å². The number of sulfonamides is 1. The van der Waals surface area contributed by atoms with Gasteiger partial charge in [0.15, 0.2) is 8.32 Å². The predicted octanol–water partition coefficient (Wildman–Crippen LogP) is 5.57. The number of hydrogen-bond donors (Lipinski definition) is 3. The Kier molecular flexibility index (Phi) is 9.79. The van der Waals surface area contributed by atoms with Crippen LogP contribution >= 0.6 is 0 Å². The molecule has 0 heterocycles. The van der Waals surface area contributed by atoms with Crippen LogP contribution in [-0.2, 0) is 32.1 Å². The van der Waals surface area contributed by atoms with Crippen molar-refractivity contribution in [3.63, 3.8) is 0 Å². The van der Waals surface area contributed by atoms with Gasteiger partial charge >= 0.3 is 0 Å². The van der Waals surface area contributed by atoms with E-state index in [0.717, 1.165) is 29.4 Å². The molecule has 9 heteroatoms. The fraction of sp³-hybridized carbons (Fsp3) is 0.536. The quantitative estimate of drug-likeness (QED) is 0.237. The van der Waals surface area contributed by atoms with E-state index in [9.17, 15) is 18.3 Å². The Morgan fingerprint density at radius 3 is 2.11 bits per heavy atom. The first-order valence-electron chi connectivity index (χ1n) is 12.6. The van der Waals surface area contributed by atoms with Crippen molar-refractivity contribution < 1.29 is 22.7 Å². The zero-order chi connectivity index (χ0) is 28.2. The molecule has 0 spiro atoms. The lowest BCUT2D eigenvalue weighted by Crippen LogP contribution is -2.47. The van der Waals surface area contributed by atoms with Gasteiger partial charge in [-0.15, -0.1) is 0 Å². The molecule has 2 rings (SSSR count). The van der Waals surface area contributed by atoms with Crippen molar-refractivity contribution >= 4 is 29.8 Å². The summed E-state index contributed by atoms with van der Waals surface area (Å²) in [4.78, 5) is 11.4. The Balaban J connectivity index is 2.29. The first-order valence-corrected chi connectivity index (χ1v) is 17.4. The summed E-state index contributed by atoms with van der Waals surface area (Å²) in [6, 6.07) is 13.1. The summed E-state index contributed by atoms with van der Waals surface area (Å²) in [6.07, 6.45) is 1.92. The van der Waals surface area contributed by atoms with Gasteiger partial charge in [-0.25, -0.2) is 8.42 Å². The average Bonchev–Trinajstić information content (AvgIpc) is 2.72. The van der Waals surface area contributed by atoms with E-state index in [1.54, 1.807) is 19.1 Å². The summed E-state index contributed by atoms with van der Waals surface area (Å²) < 4.78 is 32.8. The normalized spacial score (nSPS) is 13.9. The van der Waals surface area contributed by atoms with Gasteiger partial charge in [-0.3, -0.25) is 9.52 Å². The average molecular weight is 549 g/mol. The Bertz CT molecular complexity index is 1190. The Morgan fingerprint density at radius 1 is 1.03 bits per heavy atom. The highest BCUT2D eigenvalue weighted by Crippen LogP contribution is 2.40. The molecule has 0 aliphatic heterocycles. The second-order valence-corrected chi connectivity index (χ2v) is 18.7. The predicted molar refractivity (Wildman–Crippen MR) is 154 cm³/mol. The topological polar surface area (TPSA) is 105 Å². The van der Waals surface area contributed by atoms with Crippen molar-refractivity contribution in [2.75, 3.05) is 17.5 Å². The van der Waals surface area contributed by atoms with Crippen LogP contribution in [0.2, 0.25) is 18.1 Å². The zero-order valence-electron chi connectivity index (χ0n) is 23.7. The fourth-order valence-corrected chi connectivity index (χ4v) is 5.65. The van der Waals surface area contributed by atoms with Crippen molar-refractivity contribution in [2.24, 2.45) is 0 Å². The van der Waals surface area contributed by atoms with Crippen molar-refractivity contribution in [1.82, 2.24) is 5.32 Å². The molecule has 0 aromatic heterocycles. The zero-order valence-corrected chi connectivity index (χ0v) is 25.5. The molecule has 0 saturated carbocycles. The van der Waals surface area contributed by atoms with Gasteiger partial charge in [0.1, 0.15) is 11.5 Å². The van der Waals surface area contributed by atoms with Gasteiger partial charge in [0.05, 0.1) is 18.0 Å². The third-order valence-corrected chi connectivity index (χ3v) is 11.9. The minimum absolute atomic E-state index is 0.0207. The van der Waals surface area contributed by atoms with Crippen LogP contribution in [0.15, 0.2) is 42.5 Å². The highest BCUT2D eigenvalue weighted by molar-refractivity contribution is 7.92. The number of carbonyl (C=O) groups excluding carboxylic acids is 1. The number of ketones is 1. The fourth-order valence-electron chi connectivity index (χ4n) is 3.80. The summed E-state index contributed by atoms with van der Waals surface area (Å²) in [6.45, 7) is 17.3. The molecule has 37 heavy (non-hydrogen) atoms. The summed E-state index contributed by atoms with van der Waals surface area (Å²) in [5.74, 6) is 0.00778. The van der Waals surface area contributed by atoms with E-state index in [0.29, 0.717) is 13.0 Å². The molecular weight excluding hydrogens is 504 g/mol. The Labute approximate surface area is 224 Å². The number of nitrogens with one attached hydrogen (secondary N) is 2. The van der Waals surface area contributed by atoms with Crippen LogP contribution in [0.4, 0.5) is 5.69 Å². The van der Waals surface area contributed by atoms with Gasteiger partial charge in [-0.1, -0.05) is 51.1 Å². The lowest BCUT2D eigenvalue weighted by Gasteiger charge is -2.40. The molecule has 0 unspecified atom stereocenters. The van der Waals surface area contributed by atoms with Crippen molar-refractivity contribution in [2.45, 2.75) is 84.2 Å². The molecule has 0 radical (unpaired) electrons. The van der Waals surface area contributed by atoms with E-state index in [1.807, 2.05) is 12.1 Å². The van der Waals surface area contributed by atoms with Gasteiger partial charge in [-0.2, -0.15) is 0 Å². The molecule has 1 atom stereocenters. The number of benzene rings is 2.